The normalized spacial score (nSPS) is 12.0. The molecule has 0 aromatic rings. The lowest BCUT2D eigenvalue weighted by Crippen LogP contribution is -2.30. The maximum absolute atomic E-state index is 12.9. The molecule has 0 amide bonds. The number of hydrogen-bond acceptors (Lipinski definition) is 6. The molecule has 0 aromatic heterocycles. The van der Waals surface area contributed by atoms with E-state index in [1.165, 1.54) is 257 Å². The molecule has 0 aromatic carbocycles. The van der Waals surface area contributed by atoms with E-state index < -0.39 is 6.10 Å². The molecule has 0 saturated heterocycles. The highest BCUT2D eigenvalue weighted by atomic mass is 16.6. The largest absolute Gasteiger partial charge is 0.462 e. The molecule has 0 aliphatic heterocycles. The Morgan fingerprint density at radius 2 is 0.478 bits per heavy atom. The van der Waals surface area contributed by atoms with Gasteiger partial charge in [-0.2, -0.15) is 0 Å². The summed E-state index contributed by atoms with van der Waals surface area (Å²) in [6.45, 7) is 6.71. The first-order chi connectivity index (χ1) is 34.0. The molecule has 0 heterocycles. The highest BCUT2D eigenvalue weighted by Gasteiger charge is 2.19. The first kappa shape index (κ1) is 67.1. The Labute approximate surface area is 431 Å². The molecule has 69 heavy (non-hydrogen) atoms. The van der Waals surface area contributed by atoms with Gasteiger partial charge in [0.05, 0.1) is 0 Å². The van der Waals surface area contributed by atoms with E-state index in [0.717, 1.165) is 57.8 Å². The van der Waals surface area contributed by atoms with E-state index in [4.69, 9.17) is 14.2 Å². The summed E-state index contributed by atoms with van der Waals surface area (Å²) in [6, 6.07) is 0. The predicted octanol–water partition coefficient (Wildman–Crippen LogP) is 20.9. The number of unbranched alkanes of at least 4 members (excludes halogenated alkanes) is 45. The zero-order valence-electron chi connectivity index (χ0n) is 46.9. The molecule has 0 rings (SSSR count). The third-order valence-corrected chi connectivity index (χ3v) is 14.3. The average Bonchev–Trinajstić information content (AvgIpc) is 3.35. The van der Waals surface area contributed by atoms with Gasteiger partial charge in [0, 0.05) is 19.3 Å². The van der Waals surface area contributed by atoms with Crippen LogP contribution in [0.5, 0.6) is 0 Å². The molecule has 0 N–H and O–H groups in total. The van der Waals surface area contributed by atoms with E-state index >= 15 is 0 Å². The lowest BCUT2D eigenvalue weighted by Gasteiger charge is -2.18. The molecule has 0 saturated carbocycles. The summed E-state index contributed by atoms with van der Waals surface area (Å²) < 4.78 is 16.9. The van der Waals surface area contributed by atoms with Crippen molar-refractivity contribution in [2.75, 3.05) is 13.2 Å². The Kier molecular flexibility index (Phi) is 57.1. The molecule has 6 heteroatoms. The van der Waals surface area contributed by atoms with Crippen LogP contribution in [0.1, 0.15) is 355 Å². The first-order valence-corrected chi connectivity index (χ1v) is 31.2. The van der Waals surface area contributed by atoms with Crippen LogP contribution < -0.4 is 0 Å². The Balaban J connectivity index is 4.31. The minimum absolute atomic E-state index is 0.0647. The Morgan fingerprint density at radius 3 is 0.725 bits per heavy atom. The Bertz CT molecular complexity index is 1070. The summed E-state index contributed by atoms with van der Waals surface area (Å²) in [5.41, 5.74) is 0. The maximum atomic E-state index is 12.9. The fourth-order valence-corrected chi connectivity index (χ4v) is 9.56. The van der Waals surface area contributed by atoms with Gasteiger partial charge in [-0.05, 0) is 44.9 Å². The van der Waals surface area contributed by atoms with Gasteiger partial charge < -0.3 is 14.2 Å². The van der Waals surface area contributed by atoms with Gasteiger partial charge in [0.1, 0.15) is 13.2 Å². The molecule has 1 unspecified atom stereocenters. The molecule has 0 aliphatic carbocycles. The smallest absolute Gasteiger partial charge is 0.306 e. The minimum atomic E-state index is -0.767. The predicted molar refractivity (Wildman–Crippen MR) is 298 cm³/mol. The zero-order chi connectivity index (χ0) is 50.0. The van der Waals surface area contributed by atoms with Crippen LogP contribution in [0, 0.1) is 0 Å². The van der Waals surface area contributed by atoms with Crippen LogP contribution >= 0.6 is 0 Å². The number of carbonyl (C=O) groups is 3. The molecule has 1 atom stereocenters. The van der Waals surface area contributed by atoms with Gasteiger partial charge in [-0.15, -0.1) is 0 Å². The van der Waals surface area contributed by atoms with Gasteiger partial charge in [0.15, 0.2) is 6.10 Å². The molecule has 0 spiro atoms. The number of hydrogen-bond donors (Lipinski definition) is 0. The second kappa shape index (κ2) is 58.7. The fraction of sp³-hybridized carbons (Fsp3) is 0.921. The van der Waals surface area contributed by atoms with Crippen molar-refractivity contribution in [2.24, 2.45) is 0 Å². The van der Waals surface area contributed by atoms with Gasteiger partial charge in [0.25, 0.3) is 0 Å². The lowest BCUT2D eigenvalue weighted by molar-refractivity contribution is -0.167. The molecular formula is C63H120O6. The van der Waals surface area contributed by atoms with Gasteiger partial charge >= 0.3 is 17.9 Å². The van der Waals surface area contributed by atoms with E-state index in [9.17, 15) is 14.4 Å². The zero-order valence-corrected chi connectivity index (χ0v) is 46.9. The summed E-state index contributed by atoms with van der Waals surface area (Å²) in [4.78, 5) is 38.3. The standard InChI is InChI=1S/C63H120O6/c1-4-7-10-13-16-19-22-25-28-31-34-37-40-43-46-49-52-55-61(64)67-58-60(69-63(66)57-54-51-48-45-42-39-36-33-30-27-24-21-18-15-12-9-6-3)59-68-62(65)56-53-50-47-44-41-38-35-32-29-26-23-20-17-14-11-8-5-2/h25,28,60H,4-24,26-27,29-59H2,1-3H3/b28-25-. The molecule has 0 bridgehead atoms. The van der Waals surface area contributed by atoms with E-state index in [-0.39, 0.29) is 31.1 Å². The van der Waals surface area contributed by atoms with Crippen LogP contribution in [0.2, 0.25) is 0 Å². The van der Waals surface area contributed by atoms with Crippen LogP contribution in [0.3, 0.4) is 0 Å². The van der Waals surface area contributed by atoms with Crippen LogP contribution in [-0.4, -0.2) is 37.2 Å². The van der Waals surface area contributed by atoms with Gasteiger partial charge in [0.2, 0.25) is 0 Å². The summed E-state index contributed by atoms with van der Waals surface area (Å²) in [6.07, 6.45) is 67.8. The Hall–Kier alpha value is -1.85. The SMILES string of the molecule is CCCCCCCC/C=C\CCCCCCCCCC(=O)OCC(COC(=O)CCCCCCCCCCCCCCCCCCC)OC(=O)CCCCCCCCCCCCCCCCCCC. The molecule has 0 fully saturated rings. The van der Waals surface area contributed by atoms with Crippen molar-refractivity contribution in [1.82, 2.24) is 0 Å². The lowest BCUT2D eigenvalue weighted by atomic mass is 10.0. The van der Waals surface area contributed by atoms with Crippen LogP contribution in [-0.2, 0) is 28.6 Å². The van der Waals surface area contributed by atoms with Crippen molar-refractivity contribution < 1.29 is 28.6 Å². The second-order valence-corrected chi connectivity index (χ2v) is 21.3. The quantitative estimate of drug-likeness (QED) is 0.0261. The highest BCUT2D eigenvalue weighted by molar-refractivity contribution is 5.71. The van der Waals surface area contributed by atoms with Crippen molar-refractivity contribution in [2.45, 2.75) is 361 Å². The monoisotopic (exact) mass is 973 g/mol. The van der Waals surface area contributed by atoms with E-state index in [1.54, 1.807) is 0 Å². The average molecular weight is 974 g/mol. The van der Waals surface area contributed by atoms with Gasteiger partial charge in [-0.3, -0.25) is 14.4 Å². The number of ether oxygens (including phenoxy) is 3. The summed E-state index contributed by atoms with van der Waals surface area (Å²) >= 11 is 0. The molecule has 0 radical (unpaired) electrons. The van der Waals surface area contributed by atoms with Gasteiger partial charge in [-0.25, -0.2) is 0 Å². The van der Waals surface area contributed by atoms with Crippen molar-refractivity contribution in [1.29, 1.82) is 0 Å². The maximum Gasteiger partial charge on any atom is 0.306 e. The van der Waals surface area contributed by atoms with Crippen molar-refractivity contribution in [3.63, 3.8) is 0 Å². The van der Waals surface area contributed by atoms with E-state index in [2.05, 4.69) is 32.9 Å². The van der Waals surface area contributed by atoms with Crippen molar-refractivity contribution >= 4 is 17.9 Å². The van der Waals surface area contributed by atoms with E-state index in [1.807, 2.05) is 0 Å². The van der Waals surface area contributed by atoms with Crippen molar-refractivity contribution in [3.8, 4) is 0 Å². The highest BCUT2D eigenvalue weighted by Crippen LogP contribution is 2.18. The van der Waals surface area contributed by atoms with Crippen molar-refractivity contribution in [3.05, 3.63) is 12.2 Å². The summed E-state index contributed by atoms with van der Waals surface area (Å²) in [7, 11) is 0. The molecule has 0 aliphatic rings. The topological polar surface area (TPSA) is 78.9 Å². The number of rotatable bonds is 58. The summed E-state index contributed by atoms with van der Waals surface area (Å²) in [5.74, 6) is -0.839. The minimum Gasteiger partial charge on any atom is -0.462 e. The third-order valence-electron chi connectivity index (χ3n) is 14.3. The Morgan fingerprint density at radius 1 is 0.275 bits per heavy atom. The number of esters is 3. The first-order valence-electron chi connectivity index (χ1n) is 31.2. The molecule has 6 nitrogen and oxygen atoms in total. The van der Waals surface area contributed by atoms with Crippen LogP contribution in [0.4, 0.5) is 0 Å². The van der Waals surface area contributed by atoms with E-state index in [0.29, 0.717) is 19.3 Å². The fourth-order valence-electron chi connectivity index (χ4n) is 9.56. The third kappa shape index (κ3) is 56.9. The molecular weight excluding hydrogens is 853 g/mol. The summed E-state index contributed by atoms with van der Waals surface area (Å²) in [5, 5.41) is 0. The second-order valence-electron chi connectivity index (χ2n) is 21.3. The number of carbonyl (C=O) groups excluding carboxylic acids is 3. The molecule has 408 valence electrons. The van der Waals surface area contributed by atoms with Crippen LogP contribution in [0.15, 0.2) is 12.2 Å². The van der Waals surface area contributed by atoms with Crippen LogP contribution in [0.25, 0.3) is 0 Å². The van der Waals surface area contributed by atoms with Gasteiger partial charge in [-0.1, -0.05) is 303 Å². The number of allylic oxidation sites excluding steroid dienone is 2.